The van der Waals surface area contributed by atoms with Gasteiger partial charge in [-0.05, 0) is 29.8 Å². The lowest BCUT2D eigenvalue weighted by Crippen LogP contribution is -2.28. The third kappa shape index (κ3) is 4.88. The first kappa shape index (κ1) is 22.0. The van der Waals surface area contributed by atoms with E-state index in [2.05, 4.69) is 26.1 Å². The number of thioether (sulfide) groups is 1. The largest absolute Gasteiger partial charge is 0.493 e. The molecular weight excluding hydrogens is 470 g/mol. The van der Waals surface area contributed by atoms with E-state index < -0.39 is 0 Å². The zero-order valence-electron chi connectivity index (χ0n) is 16.8. The van der Waals surface area contributed by atoms with Crippen molar-refractivity contribution in [3.63, 3.8) is 0 Å². The molecule has 0 spiro atoms. The van der Waals surface area contributed by atoms with E-state index in [1.54, 1.807) is 38.3 Å². The Morgan fingerprint density at radius 2 is 1.90 bits per heavy atom. The number of nitrogen functional groups attached to an aromatic ring is 1. The monoisotopic (exact) mass is 491 g/mol. The van der Waals surface area contributed by atoms with Crippen LogP contribution >= 0.6 is 27.7 Å². The molecule has 0 saturated heterocycles. The average Bonchev–Trinajstić information content (AvgIpc) is 3.13. The summed E-state index contributed by atoms with van der Waals surface area (Å²) in [5.74, 6) is 7.97. The maximum atomic E-state index is 12.5. The van der Waals surface area contributed by atoms with E-state index in [0.717, 1.165) is 15.6 Å². The van der Waals surface area contributed by atoms with Gasteiger partial charge in [-0.15, -0.1) is 10.2 Å². The van der Waals surface area contributed by atoms with E-state index >= 15 is 0 Å². The highest BCUT2D eigenvalue weighted by Gasteiger charge is 2.17. The number of aromatic nitrogens is 3. The van der Waals surface area contributed by atoms with Crippen molar-refractivity contribution in [1.82, 2.24) is 19.8 Å². The van der Waals surface area contributed by atoms with Crippen molar-refractivity contribution < 1.29 is 14.3 Å². The van der Waals surface area contributed by atoms with E-state index in [0.29, 0.717) is 29.0 Å². The molecule has 158 valence electrons. The zero-order valence-corrected chi connectivity index (χ0v) is 19.2. The molecule has 30 heavy (non-hydrogen) atoms. The highest BCUT2D eigenvalue weighted by atomic mass is 79.9. The summed E-state index contributed by atoms with van der Waals surface area (Å²) in [7, 11) is 4.90. The highest BCUT2D eigenvalue weighted by molar-refractivity contribution is 9.10. The lowest BCUT2D eigenvalue weighted by Gasteiger charge is -2.17. The van der Waals surface area contributed by atoms with Crippen LogP contribution in [-0.4, -0.2) is 52.7 Å². The summed E-state index contributed by atoms with van der Waals surface area (Å²) in [5, 5.41) is 8.73. The van der Waals surface area contributed by atoms with Gasteiger partial charge in [0, 0.05) is 23.6 Å². The first-order valence-corrected chi connectivity index (χ1v) is 10.8. The molecule has 0 bridgehead atoms. The van der Waals surface area contributed by atoms with Crippen LogP contribution in [0.1, 0.15) is 5.56 Å². The minimum atomic E-state index is -0.0357. The molecule has 0 aliphatic carbocycles. The molecule has 1 amide bonds. The second kappa shape index (κ2) is 9.86. The summed E-state index contributed by atoms with van der Waals surface area (Å²) < 4.78 is 12.9. The fraction of sp³-hybridized carbons (Fsp3) is 0.250. The van der Waals surface area contributed by atoms with Crippen LogP contribution in [0.25, 0.3) is 11.4 Å². The Balaban J connectivity index is 1.66. The summed E-state index contributed by atoms with van der Waals surface area (Å²) in [6.07, 6.45) is 0. The van der Waals surface area contributed by atoms with Crippen molar-refractivity contribution in [2.45, 2.75) is 11.7 Å². The molecule has 0 unspecified atom stereocenters. The Labute approximate surface area is 187 Å². The third-order valence-electron chi connectivity index (χ3n) is 4.42. The van der Waals surface area contributed by atoms with Gasteiger partial charge in [-0.3, -0.25) is 4.79 Å². The van der Waals surface area contributed by atoms with Crippen LogP contribution in [0.3, 0.4) is 0 Å². The number of carbonyl (C=O) groups is 1. The number of methoxy groups -OCH3 is 2. The van der Waals surface area contributed by atoms with E-state index in [4.69, 9.17) is 15.3 Å². The van der Waals surface area contributed by atoms with Gasteiger partial charge >= 0.3 is 0 Å². The third-order valence-corrected chi connectivity index (χ3v) is 6.12. The smallest absolute Gasteiger partial charge is 0.233 e. The van der Waals surface area contributed by atoms with Gasteiger partial charge in [0.1, 0.15) is 0 Å². The first-order valence-electron chi connectivity index (χ1n) is 8.97. The molecule has 0 saturated carbocycles. The number of nitrogens with two attached hydrogens (primary N) is 1. The minimum absolute atomic E-state index is 0.0357. The van der Waals surface area contributed by atoms with Crippen LogP contribution in [0.4, 0.5) is 0 Å². The molecule has 3 rings (SSSR count). The van der Waals surface area contributed by atoms with Gasteiger partial charge in [0.15, 0.2) is 17.3 Å². The quantitative estimate of drug-likeness (QED) is 0.381. The van der Waals surface area contributed by atoms with Crippen LogP contribution in [-0.2, 0) is 11.3 Å². The number of nitrogens with zero attached hydrogens (tertiary/aromatic N) is 4. The fourth-order valence-electron chi connectivity index (χ4n) is 2.75. The molecular formula is C20H22BrN5O3S. The number of carbonyl (C=O) groups excluding carboxylic acids is 1. The van der Waals surface area contributed by atoms with E-state index in [-0.39, 0.29) is 11.7 Å². The van der Waals surface area contributed by atoms with E-state index in [1.165, 1.54) is 16.4 Å². The normalized spacial score (nSPS) is 10.7. The molecule has 0 fully saturated rings. The Bertz CT molecular complexity index is 1040. The van der Waals surface area contributed by atoms with Crippen LogP contribution in [0.2, 0.25) is 0 Å². The molecule has 0 aliphatic rings. The standard InChI is InChI=1S/C20H22BrN5O3S/c1-25(11-14-6-4-5-7-15(14)21)18(27)12-30-20-24-23-19(26(20)22)13-8-9-16(28-2)17(10-13)29-3/h4-10H,11-12,22H2,1-3H3. The van der Waals surface area contributed by atoms with Crippen molar-refractivity contribution in [2.24, 2.45) is 0 Å². The van der Waals surface area contributed by atoms with Gasteiger partial charge < -0.3 is 20.2 Å². The molecule has 2 N–H and O–H groups in total. The van der Waals surface area contributed by atoms with Gasteiger partial charge in [0.2, 0.25) is 11.1 Å². The second-order valence-electron chi connectivity index (χ2n) is 6.38. The first-order chi connectivity index (χ1) is 14.4. The summed E-state index contributed by atoms with van der Waals surface area (Å²) in [6, 6.07) is 13.2. The fourth-order valence-corrected chi connectivity index (χ4v) is 3.96. The minimum Gasteiger partial charge on any atom is -0.493 e. The zero-order chi connectivity index (χ0) is 21.7. The maximum absolute atomic E-state index is 12.5. The molecule has 0 atom stereocenters. The molecule has 1 heterocycles. The average molecular weight is 492 g/mol. The molecule has 0 aliphatic heterocycles. The lowest BCUT2D eigenvalue weighted by molar-refractivity contribution is -0.127. The van der Waals surface area contributed by atoms with E-state index in [9.17, 15) is 4.79 Å². The SMILES string of the molecule is COc1ccc(-c2nnc(SCC(=O)N(C)Cc3ccccc3Br)n2N)cc1OC. The summed E-state index contributed by atoms with van der Waals surface area (Å²) in [6.45, 7) is 0.507. The summed E-state index contributed by atoms with van der Waals surface area (Å²) in [5.41, 5.74) is 1.77. The van der Waals surface area contributed by atoms with Gasteiger partial charge in [0.05, 0.1) is 20.0 Å². The van der Waals surface area contributed by atoms with Crippen molar-refractivity contribution in [3.8, 4) is 22.9 Å². The van der Waals surface area contributed by atoms with Gasteiger partial charge in [-0.1, -0.05) is 45.9 Å². The number of hydrogen-bond acceptors (Lipinski definition) is 7. The topological polar surface area (TPSA) is 95.5 Å². The molecule has 0 radical (unpaired) electrons. The number of ether oxygens (including phenoxy) is 2. The summed E-state index contributed by atoms with van der Waals surface area (Å²) in [4.78, 5) is 14.2. The van der Waals surface area contributed by atoms with Crippen molar-refractivity contribution in [1.29, 1.82) is 0 Å². The highest BCUT2D eigenvalue weighted by Crippen LogP contribution is 2.32. The number of hydrogen-bond donors (Lipinski definition) is 1. The number of amides is 1. The van der Waals surface area contributed by atoms with Crippen LogP contribution in [0, 0.1) is 0 Å². The van der Waals surface area contributed by atoms with Crippen molar-refractivity contribution in [2.75, 3.05) is 32.9 Å². The Kier molecular flexibility index (Phi) is 7.22. The van der Waals surface area contributed by atoms with Crippen LogP contribution in [0.15, 0.2) is 52.1 Å². The Morgan fingerprint density at radius 3 is 2.60 bits per heavy atom. The molecule has 3 aromatic rings. The molecule has 10 heteroatoms. The molecule has 8 nitrogen and oxygen atoms in total. The van der Waals surface area contributed by atoms with Crippen LogP contribution < -0.4 is 15.3 Å². The van der Waals surface area contributed by atoms with Crippen molar-refractivity contribution >= 4 is 33.6 Å². The summed E-state index contributed by atoms with van der Waals surface area (Å²) >= 11 is 4.74. The van der Waals surface area contributed by atoms with E-state index in [1.807, 2.05) is 30.3 Å². The van der Waals surface area contributed by atoms with Gasteiger partial charge in [0.25, 0.3) is 0 Å². The number of halogens is 1. The second-order valence-corrected chi connectivity index (χ2v) is 8.17. The van der Waals surface area contributed by atoms with Gasteiger partial charge in [-0.2, -0.15) is 0 Å². The molecule has 1 aromatic heterocycles. The van der Waals surface area contributed by atoms with Crippen molar-refractivity contribution in [3.05, 3.63) is 52.5 Å². The predicted octanol–water partition coefficient (Wildman–Crippen LogP) is 3.19. The predicted molar refractivity (Wildman–Crippen MR) is 120 cm³/mol. The maximum Gasteiger partial charge on any atom is 0.233 e. The molecule has 2 aromatic carbocycles. The number of benzene rings is 2. The Hall–Kier alpha value is -2.72. The number of rotatable bonds is 8. The lowest BCUT2D eigenvalue weighted by atomic mass is 10.2. The van der Waals surface area contributed by atoms with Crippen LogP contribution in [0.5, 0.6) is 11.5 Å². The van der Waals surface area contributed by atoms with Gasteiger partial charge in [-0.25, -0.2) is 4.68 Å². The Morgan fingerprint density at radius 1 is 1.17 bits per heavy atom.